The Morgan fingerprint density at radius 2 is 1.87 bits per heavy atom. The monoisotopic (exact) mass is 227 g/mol. The van der Waals surface area contributed by atoms with Crippen LogP contribution in [0.3, 0.4) is 0 Å². The number of likely N-dealkylation sites (tertiary alicyclic amines) is 1. The lowest BCUT2D eigenvalue weighted by molar-refractivity contribution is -0.140. The first kappa shape index (κ1) is 11.0. The van der Waals surface area contributed by atoms with E-state index in [9.17, 15) is 9.59 Å². The van der Waals surface area contributed by atoms with Crippen molar-refractivity contribution >= 4 is 24.4 Å². The summed E-state index contributed by atoms with van der Waals surface area (Å²) < 4.78 is 0. The third-order valence-electron chi connectivity index (χ3n) is 3.49. The van der Waals surface area contributed by atoms with Crippen LogP contribution < -0.4 is 0 Å². The molecule has 0 aromatic heterocycles. The minimum absolute atomic E-state index is 0.00428. The van der Waals surface area contributed by atoms with Gasteiger partial charge >= 0.3 is 0 Å². The van der Waals surface area contributed by atoms with Crippen LogP contribution >= 0.6 is 12.6 Å². The fraction of sp³-hybridized carbons (Fsp3) is 0.818. The highest BCUT2D eigenvalue weighted by molar-refractivity contribution is 7.80. The highest BCUT2D eigenvalue weighted by Gasteiger charge is 2.49. The number of amides is 2. The minimum Gasteiger partial charge on any atom is -0.282 e. The molecule has 0 spiro atoms. The van der Waals surface area contributed by atoms with Gasteiger partial charge in [-0.2, -0.15) is 12.6 Å². The van der Waals surface area contributed by atoms with E-state index in [0.29, 0.717) is 18.2 Å². The van der Waals surface area contributed by atoms with Gasteiger partial charge in [-0.15, -0.1) is 0 Å². The van der Waals surface area contributed by atoms with Crippen LogP contribution in [-0.2, 0) is 9.59 Å². The molecule has 2 aliphatic rings. The molecule has 3 nitrogen and oxygen atoms in total. The Bertz CT molecular complexity index is 270. The largest absolute Gasteiger partial charge is 0.282 e. The topological polar surface area (TPSA) is 37.4 Å². The van der Waals surface area contributed by atoms with Crippen LogP contribution in [0.2, 0.25) is 0 Å². The van der Waals surface area contributed by atoms with Gasteiger partial charge in [-0.05, 0) is 24.5 Å². The predicted octanol–water partition coefficient (Wildman–Crippen LogP) is 1.34. The summed E-state index contributed by atoms with van der Waals surface area (Å²) >= 11 is 4.18. The molecule has 84 valence electrons. The number of hydrogen-bond donors (Lipinski definition) is 1. The Morgan fingerprint density at radius 1 is 1.33 bits per heavy atom. The molecule has 2 amide bonds. The van der Waals surface area contributed by atoms with Crippen molar-refractivity contribution in [2.45, 2.75) is 26.2 Å². The first-order valence-electron chi connectivity index (χ1n) is 5.61. The summed E-state index contributed by atoms with van der Waals surface area (Å²) in [6, 6.07) is 0. The smallest absolute Gasteiger partial charge is 0.233 e. The van der Waals surface area contributed by atoms with Crippen LogP contribution in [0, 0.1) is 17.8 Å². The van der Waals surface area contributed by atoms with E-state index in [1.165, 1.54) is 4.90 Å². The van der Waals surface area contributed by atoms with Crippen molar-refractivity contribution in [2.75, 3.05) is 12.3 Å². The Kier molecular flexibility index (Phi) is 3.05. The number of thiol groups is 1. The van der Waals surface area contributed by atoms with Crippen molar-refractivity contribution in [1.29, 1.82) is 0 Å². The van der Waals surface area contributed by atoms with Gasteiger partial charge in [-0.25, -0.2) is 0 Å². The average Bonchev–Trinajstić information content (AvgIpc) is 2.78. The van der Waals surface area contributed by atoms with Crippen LogP contribution in [0.5, 0.6) is 0 Å². The summed E-state index contributed by atoms with van der Waals surface area (Å²) in [6.45, 7) is 2.57. The van der Waals surface area contributed by atoms with E-state index in [0.717, 1.165) is 19.3 Å². The standard InChI is InChI=1S/C11H17NO2S/c1-7(6-15)5-12-10(13)8-3-2-4-9(8)11(12)14/h7-9,15H,2-6H2,1H3. The van der Waals surface area contributed by atoms with Crippen molar-refractivity contribution < 1.29 is 9.59 Å². The van der Waals surface area contributed by atoms with Gasteiger partial charge < -0.3 is 0 Å². The SMILES string of the molecule is CC(CS)CN1C(=O)C2CCCC2C1=O. The van der Waals surface area contributed by atoms with E-state index >= 15 is 0 Å². The lowest BCUT2D eigenvalue weighted by Gasteiger charge is -2.19. The summed E-state index contributed by atoms with van der Waals surface area (Å²) in [5.41, 5.74) is 0. The summed E-state index contributed by atoms with van der Waals surface area (Å²) in [4.78, 5) is 25.3. The quantitative estimate of drug-likeness (QED) is 0.583. The van der Waals surface area contributed by atoms with Gasteiger partial charge in [0.25, 0.3) is 0 Å². The van der Waals surface area contributed by atoms with Gasteiger partial charge in [0, 0.05) is 6.54 Å². The van der Waals surface area contributed by atoms with E-state index in [1.54, 1.807) is 0 Å². The third kappa shape index (κ3) is 1.80. The maximum Gasteiger partial charge on any atom is 0.233 e. The van der Waals surface area contributed by atoms with Crippen molar-refractivity contribution in [3.05, 3.63) is 0 Å². The molecular formula is C11H17NO2S. The molecule has 0 N–H and O–H groups in total. The predicted molar refractivity (Wildman–Crippen MR) is 60.6 cm³/mol. The van der Waals surface area contributed by atoms with Crippen molar-refractivity contribution in [3.63, 3.8) is 0 Å². The molecule has 1 heterocycles. The molecule has 0 radical (unpaired) electrons. The van der Waals surface area contributed by atoms with Crippen LogP contribution in [-0.4, -0.2) is 29.0 Å². The molecule has 0 aromatic rings. The van der Waals surface area contributed by atoms with E-state index in [-0.39, 0.29) is 23.7 Å². The van der Waals surface area contributed by atoms with Crippen LogP contribution in [0.25, 0.3) is 0 Å². The Labute approximate surface area is 95.6 Å². The second-order valence-electron chi connectivity index (χ2n) is 4.72. The molecule has 3 unspecified atom stereocenters. The van der Waals surface area contributed by atoms with Crippen LogP contribution in [0.15, 0.2) is 0 Å². The van der Waals surface area contributed by atoms with Gasteiger partial charge in [-0.1, -0.05) is 13.3 Å². The van der Waals surface area contributed by atoms with Crippen molar-refractivity contribution in [2.24, 2.45) is 17.8 Å². The molecular weight excluding hydrogens is 210 g/mol. The summed E-state index contributed by atoms with van der Waals surface area (Å²) in [7, 11) is 0. The molecule has 1 saturated heterocycles. The zero-order chi connectivity index (χ0) is 11.0. The number of fused-ring (bicyclic) bond motifs is 1. The fourth-order valence-corrected chi connectivity index (χ4v) is 2.72. The zero-order valence-electron chi connectivity index (χ0n) is 8.98. The maximum absolute atomic E-state index is 11.9. The number of carbonyl (C=O) groups is 2. The highest BCUT2D eigenvalue weighted by Crippen LogP contribution is 2.39. The minimum atomic E-state index is 0.00428. The van der Waals surface area contributed by atoms with Gasteiger partial charge in [0.2, 0.25) is 11.8 Å². The zero-order valence-corrected chi connectivity index (χ0v) is 9.87. The number of nitrogens with zero attached hydrogens (tertiary/aromatic N) is 1. The van der Waals surface area contributed by atoms with Gasteiger partial charge in [-0.3, -0.25) is 14.5 Å². The Hall–Kier alpha value is -0.510. The molecule has 1 aliphatic heterocycles. The Balaban J connectivity index is 2.08. The molecule has 2 fully saturated rings. The maximum atomic E-state index is 11.9. The molecule has 2 rings (SSSR count). The van der Waals surface area contributed by atoms with E-state index in [1.807, 2.05) is 6.92 Å². The van der Waals surface area contributed by atoms with Gasteiger partial charge in [0.05, 0.1) is 11.8 Å². The molecule has 4 heteroatoms. The normalized spacial score (nSPS) is 32.3. The first-order valence-corrected chi connectivity index (χ1v) is 6.24. The second kappa shape index (κ2) is 4.16. The van der Waals surface area contributed by atoms with Crippen LogP contribution in [0.1, 0.15) is 26.2 Å². The van der Waals surface area contributed by atoms with Gasteiger partial charge in [0.15, 0.2) is 0 Å². The summed E-state index contributed by atoms with van der Waals surface area (Å²) in [6.07, 6.45) is 2.84. The van der Waals surface area contributed by atoms with Gasteiger partial charge in [0.1, 0.15) is 0 Å². The summed E-state index contributed by atoms with van der Waals surface area (Å²) in [5.74, 6) is 1.15. The molecule has 0 bridgehead atoms. The summed E-state index contributed by atoms with van der Waals surface area (Å²) in [5, 5.41) is 0. The molecule has 15 heavy (non-hydrogen) atoms. The molecule has 0 aromatic carbocycles. The van der Waals surface area contributed by atoms with Crippen molar-refractivity contribution in [3.8, 4) is 0 Å². The van der Waals surface area contributed by atoms with E-state index in [4.69, 9.17) is 0 Å². The number of imide groups is 1. The highest BCUT2D eigenvalue weighted by atomic mass is 32.1. The lowest BCUT2D eigenvalue weighted by atomic mass is 10.00. The van der Waals surface area contributed by atoms with Crippen LogP contribution in [0.4, 0.5) is 0 Å². The van der Waals surface area contributed by atoms with Crippen molar-refractivity contribution in [1.82, 2.24) is 4.90 Å². The first-order chi connectivity index (χ1) is 7.15. The van der Waals surface area contributed by atoms with E-state index in [2.05, 4.69) is 12.6 Å². The average molecular weight is 227 g/mol. The lowest BCUT2D eigenvalue weighted by Crippen LogP contribution is -2.35. The second-order valence-corrected chi connectivity index (χ2v) is 5.08. The number of carbonyl (C=O) groups excluding carboxylic acids is 2. The van der Waals surface area contributed by atoms with E-state index < -0.39 is 0 Å². The fourth-order valence-electron chi connectivity index (χ4n) is 2.61. The number of hydrogen-bond acceptors (Lipinski definition) is 3. The molecule has 3 atom stereocenters. The molecule has 1 saturated carbocycles. The number of rotatable bonds is 3. The Morgan fingerprint density at radius 3 is 2.33 bits per heavy atom. The molecule has 1 aliphatic carbocycles. The third-order valence-corrected chi connectivity index (χ3v) is 4.11.